The van der Waals surface area contributed by atoms with Crippen LogP contribution in [-0.4, -0.2) is 64.1 Å². The summed E-state index contributed by atoms with van der Waals surface area (Å²) in [6, 6.07) is 4.06. The van der Waals surface area contributed by atoms with Gasteiger partial charge in [-0.2, -0.15) is 0 Å². The minimum absolute atomic E-state index is 0.00709. The van der Waals surface area contributed by atoms with E-state index in [9.17, 15) is 9.18 Å². The molecule has 3 heterocycles. The normalized spacial score (nSPS) is 14.5. The van der Waals surface area contributed by atoms with E-state index in [1.54, 1.807) is 31.3 Å². The van der Waals surface area contributed by atoms with Crippen LogP contribution in [0.4, 0.5) is 26.6 Å². The number of aromatic nitrogens is 4. The van der Waals surface area contributed by atoms with Crippen LogP contribution in [0.1, 0.15) is 12.8 Å². The second-order valence-corrected chi connectivity index (χ2v) is 7.82. The highest BCUT2D eigenvalue weighted by molar-refractivity contribution is 6.31. The maximum Gasteiger partial charge on any atom is 0.326 e. The summed E-state index contributed by atoms with van der Waals surface area (Å²) in [6.45, 7) is 1.63. The van der Waals surface area contributed by atoms with Gasteiger partial charge in [-0.1, -0.05) is 11.6 Å². The number of nitrogens with zero attached hydrogens (tertiary/aromatic N) is 6. The second kappa shape index (κ2) is 8.94. The number of piperidine rings is 1. The van der Waals surface area contributed by atoms with Gasteiger partial charge in [0.25, 0.3) is 0 Å². The lowest BCUT2D eigenvalue weighted by Gasteiger charge is -2.34. The summed E-state index contributed by atoms with van der Waals surface area (Å²) in [4.78, 5) is 33.7. The molecule has 1 aliphatic rings. The van der Waals surface area contributed by atoms with Crippen molar-refractivity contribution in [3.05, 3.63) is 41.6 Å². The Morgan fingerprint density at radius 3 is 2.71 bits per heavy atom. The molecule has 0 aliphatic carbocycles. The third-order valence-corrected chi connectivity index (χ3v) is 5.31. The summed E-state index contributed by atoms with van der Waals surface area (Å²) in [5, 5.41) is 6.39. The maximum absolute atomic E-state index is 13.5. The molecule has 2 amide bonds. The highest BCUT2D eigenvalue weighted by Gasteiger charge is 2.30. The predicted molar refractivity (Wildman–Crippen MR) is 117 cm³/mol. The number of nitrogens with one attached hydrogen (secondary N) is 2. The lowest BCUT2D eigenvalue weighted by atomic mass is 10.1. The van der Waals surface area contributed by atoms with Gasteiger partial charge < -0.3 is 15.5 Å². The summed E-state index contributed by atoms with van der Waals surface area (Å²) in [5.74, 6) is 0.177. The highest BCUT2D eigenvalue weighted by Crippen LogP contribution is 2.27. The molecule has 1 aliphatic heterocycles. The molecule has 0 spiro atoms. The third-order valence-electron chi connectivity index (χ3n) is 5.02. The first-order valence-electron chi connectivity index (χ1n) is 9.85. The van der Waals surface area contributed by atoms with Crippen molar-refractivity contribution >= 4 is 46.1 Å². The van der Waals surface area contributed by atoms with Gasteiger partial charge in [0, 0.05) is 25.8 Å². The van der Waals surface area contributed by atoms with Gasteiger partial charge in [0.1, 0.15) is 23.2 Å². The molecular weight excluding hydrogens is 423 g/mol. The smallest absolute Gasteiger partial charge is 0.326 e. The predicted octanol–water partition coefficient (Wildman–Crippen LogP) is 3.20. The molecule has 0 unspecified atom stereocenters. The first-order chi connectivity index (χ1) is 14.9. The van der Waals surface area contributed by atoms with E-state index >= 15 is 0 Å². The zero-order valence-electron chi connectivity index (χ0n) is 17.1. The van der Waals surface area contributed by atoms with Crippen LogP contribution in [0.15, 0.2) is 30.7 Å². The molecule has 0 radical (unpaired) electrons. The van der Waals surface area contributed by atoms with Crippen molar-refractivity contribution in [3.8, 4) is 0 Å². The van der Waals surface area contributed by atoms with Gasteiger partial charge in [-0.25, -0.2) is 29.1 Å². The van der Waals surface area contributed by atoms with Crippen molar-refractivity contribution in [1.82, 2.24) is 30.2 Å². The lowest BCUT2D eigenvalue weighted by molar-refractivity contribution is 0.218. The number of rotatable bonds is 4. The van der Waals surface area contributed by atoms with E-state index in [-0.39, 0.29) is 23.0 Å². The van der Waals surface area contributed by atoms with Crippen molar-refractivity contribution in [2.75, 3.05) is 37.4 Å². The first kappa shape index (κ1) is 21.1. The van der Waals surface area contributed by atoms with E-state index in [0.29, 0.717) is 22.5 Å². The zero-order valence-corrected chi connectivity index (χ0v) is 17.9. The van der Waals surface area contributed by atoms with Crippen LogP contribution in [0.3, 0.4) is 0 Å². The molecule has 0 saturated carbocycles. The molecule has 1 saturated heterocycles. The molecule has 9 nitrogen and oxygen atoms in total. The minimum Gasteiger partial charge on any atom is -0.338 e. The Balaban J connectivity index is 1.75. The summed E-state index contributed by atoms with van der Waals surface area (Å²) < 4.78 is 13.5. The number of anilines is 3. The number of carbonyl (C=O) groups is 1. The summed E-state index contributed by atoms with van der Waals surface area (Å²) in [5.41, 5.74) is 1.50. The SMILES string of the molecule is CN(C)C(=O)N(c1ncc2ncnc(Nc3ccc(F)c(Cl)c3)c2n1)C1CCNCC1. The molecule has 3 aromatic rings. The lowest BCUT2D eigenvalue weighted by Crippen LogP contribution is -2.50. The number of hydrogen-bond acceptors (Lipinski definition) is 7. The van der Waals surface area contributed by atoms with Gasteiger partial charge in [-0.05, 0) is 44.1 Å². The van der Waals surface area contributed by atoms with E-state index < -0.39 is 5.82 Å². The Hall–Kier alpha value is -3.11. The van der Waals surface area contributed by atoms with Crippen LogP contribution >= 0.6 is 11.6 Å². The monoisotopic (exact) mass is 444 g/mol. The fourth-order valence-corrected chi connectivity index (χ4v) is 3.63. The van der Waals surface area contributed by atoms with Crippen molar-refractivity contribution in [2.24, 2.45) is 0 Å². The van der Waals surface area contributed by atoms with Crippen LogP contribution < -0.4 is 15.5 Å². The molecule has 1 fully saturated rings. The number of hydrogen-bond donors (Lipinski definition) is 2. The molecule has 2 aromatic heterocycles. The Morgan fingerprint density at radius 1 is 1.23 bits per heavy atom. The molecule has 162 valence electrons. The number of urea groups is 1. The van der Waals surface area contributed by atoms with Crippen LogP contribution in [0.25, 0.3) is 11.0 Å². The summed E-state index contributed by atoms with van der Waals surface area (Å²) in [7, 11) is 3.40. The molecule has 31 heavy (non-hydrogen) atoms. The highest BCUT2D eigenvalue weighted by atomic mass is 35.5. The van der Waals surface area contributed by atoms with E-state index in [2.05, 4.69) is 30.6 Å². The molecule has 1 aromatic carbocycles. The van der Waals surface area contributed by atoms with Crippen LogP contribution in [0, 0.1) is 5.82 Å². The Labute approximate surface area is 183 Å². The molecule has 0 bridgehead atoms. The van der Waals surface area contributed by atoms with E-state index in [1.807, 2.05) is 0 Å². The zero-order chi connectivity index (χ0) is 22.0. The van der Waals surface area contributed by atoms with Gasteiger partial charge in [0.2, 0.25) is 5.95 Å². The Kier molecular flexibility index (Phi) is 6.10. The third kappa shape index (κ3) is 4.49. The van der Waals surface area contributed by atoms with Crippen molar-refractivity contribution in [1.29, 1.82) is 0 Å². The van der Waals surface area contributed by atoms with Gasteiger partial charge in [-0.15, -0.1) is 0 Å². The first-order valence-corrected chi connectivity index (χ1v) is 10.2. The number of halogens is 2. The van der Waals surface area contributed by atoms with Crippen LogP contribution in [0.5, 0.6) is 0 Å². The van der Waals surface area contributed by atoms with Gasteiger partial charge in [-0.3, -0.25) is 4.90 Å². The maximum atomic E-state index is 13.5. The standard InChI is InChI=1S/C20H22ClFN8O/c1-29(2)20(31)30(13-5-7-23-8-6-13)19-24-10-16-17(28-19)18(26-11-25-16)27-12-3-4-15(22)14(21)9-12/h3-4,9-11,13,23H,5-8H2,1-2H3,(H,25,26,27). The van der Waals surface area contributed by atoms with E-state index in [1.165, 1.54) is 23.4 Å². The van der Waals surface area contributed by atoms with Gasteiger partial charge in [0.05, 0.1) is 11.2 Å². The number of carbonyl (C=O) groups excluding carboxylic acids is 1. The average Bonchev–Trinajstić information content (AvgIpc) is 2.77. The molecule has 2 N–H and O–H groups in total. The number of fused-ring (bicyclic) bond motifs is 1. The summed E-state index contributed by atoms with van der Waals surface area (Å²) in [6.07, 6.45) is 4.55. The largest absolute Gasteiger partial charge is 0.338 e. The molecule has 0 atom stereocenters. The van der Waals surface area contributed by atoms with Crippen LogP contribution in [-0.2, 0) is 0 Å². The van der Waals surface area contributed by atoms with Crippen molar-refractivity contribution in [2.45, 2.75) is 18.9 Å². The molecular formula is C20H22ClFN8O. The van der Waals surface area contributed by atoms with Crippen molar-refractivity contribution in [3.63, 3.8) is 0 Å². The van der Waals surface area contributed by atoms with E-state index in [4.69, 9.17) is 11.6 Å². The van der Waals surface area contributed by atoms with Crippen molar-refractivity contribution < 1.29 is 9.18 Å². The Morgan fingerprint density at radius 2 is 2.00 bits per heavy atom. The van der Waals surface area contributed by atoms with Crippen LogP contribution in [0.2, 0.25) is 5.02 Å². The average molecular weight is 445 g/mol. The fourth-order valence-electron chi connectivity index (χ4n) is 3.45. The minimum atomic E-state index is -0.510. The quantitative estimate of drug-likeness (QED) is 0.637. The molecule has 4 rings (SSSR count). The topological polar surface area (TPSA) is 99.2 Å². The fraction of sp³-hybridized carbons (Fsp3) is 0.350. The summed E-state index contributed by atoms with van der Waals surface area (Å²) >= 11 is 5.89. The Bertz CT molecular complexity index is 1110. The molecule has 11 heteroatoms. The van der Waals surface area contributed by atoms with Gasteiger partial charge >= 0.3 is 6.03 Å². The second-order valence-electron chi connectivity index (χ2n) is 7.41. The van der Waals surface area contributed by atoms with E-state index in [0.717, 1.165) is 25.9 Å². The number of amides is 2. The van der Waals surface area contributed by atoms with Gasteiger partial charge in [0.15, 0.2) is 5.82 Å². The number of benzene rings is 1.